The van der Waals surface area contributed by atoms with Crippen LogP contribution in [0.3, 0.4) is 0 Å². The first-order valence-electron chi connectivity index (χ1n) is 10.2. The molecule has 2 fully saturated rings. The van der Waals surface area contributed by atoms with Gasteiger partial charge in [-0.2, -0.15) is 0 Å². The van der Waals surface area contributed by atoms with Crippen molar-refractivity contribution < 1.29 is 27.4 Å². The maximum Gasteiger partial charge on any atom is 0.409 e. The lowest BCUT2D eigenvalue weighted by molar-refractivity contribution is 0.0465. The highest BCUT2D eigenvalue weighted by molar-refractivity contribution is 7.90. The summed E-state index contributed by atoms with van der Waals surface area (Å²) < 4.78 is 40.3. The van der Waals surface area contributed by atoms with Gasteiger partial charge in [0.25, 0.3) is 0 Å². The quantitative estimate of drug-likeness (QED) is 0.688. The molecule has 9 heteroatoms. The summed E-state index contributed by atoms with van der Waals surface area (Å²) in [6.07, 6.45) is 4.11. The van der Waals surface area contributed by atoms with Crippen LogP contribution in [0.5, 0.6) is 11.5 Å². The van der Waals surface area contributed by atoms with Gasteiger partial charge in [0.15, 0.2) is 21.3 Å². The van der Waals surface area contributed by atoms with E-state index in [0.29, 0.717) is 37.2 Å². The smallest absolute Gasteiger partial charge is 0.409 e. The van der Waals surface area contributed by atoms with Crippen LogP contribution in [0.4, 0.5) is 4.79 Å². The Labute approximate surface area is 171 Å². The van der Waals surface area contributed by atoms with Crippen LogP contribution in [0.1, 0.15) is 19.3 Å². The van der Waals surface area contributed by atoms with Crippen molar-refractivity contribution in [2.45, 2.75) is 30.3 Å². The number of hydrogen-bond donors (Lipinski definition) is 0. The van der Waals surface area contributed by atoms with E-state index in [1.54, 1.807) is 23.1 Å². The van der Waals surface area contributed by atoms with Gasteiger partial charge in [-0.25, -0.2) is 13.2 Å². The van der Waals surface area contributed by atoms with E-state index in [0.717, 1.165) is 45.4 Å². The molecule has 1 aromatic rings. The van der Waals surface area contributed by atoms with Crippen LogP contribution in [0.15, 0.2) is 23.1 Å². The van der Waals surface area contributed by atoms with Gasteiger partial charge in [-0.15, -0.1) is 0 Å². The monoisotopic (exact) mass is 424 g/mol. The molecule has 3 heterocycles. The van der Waals surface area contributed by atoms with Gasteiger partial charge >= 0.3 is 6.09 Å². The number of cyclic esters (lactones) is 1. The number of hydrogen-bond acceptors (Lipinski definition) is 7. The first-order valence-corrected chi connectivity index (χ1v) is 12.1. The summed E-state index contributed by atoms with van der Waals surface area (Å²) in [6.45, 7) is 5.20. The lowest BCUT2D eigenvalue weighted by Gasteiger charge is -2.36. The number of carbonyl (C=O) groups is 1. The van der Waals surface area contributed by atoms with Crippen molar-refractivity contribution in [3.63, 3.8) is 0 Å². The summed E-state index contributed by atoms with van der Waals surface area (Å²) in [5, 5.41) is 0. The molecule has 0 N–H and O–H groups in total. The Morgan fingerprint density at radius 1 is 1.10 bits per heavy atom. The highest BCUT2D eigenvalue weighted by Gasteiger charge is 2.28. The van der Waals surface area contributed by atoms with E-state index in [1.807, 2.05) is 0 Å². The van der Waals surface area contributed by atoms with Gasteiger partial charge in [0.05, 0.1) is 11.4 Å². The number of rotatable bonds is 6. The molecule has 0 aliphatic carbocycles. The summed E-state index contributed by atoms with van der Waals surface area (Å²) in [4.78, 5) is 15.9. The molecule has 8 nitrogen and oxygen atoms in total. The van der Waals surface area contributed by atoms with Crippen LogP contribution < -0.4 is 9.47 Å². The fourth-order valence-electron chi connectivity index (χ4n) is 4.13. The summed E-state index contributed by atoms with van der Waals surface area (Å²) >= 11 is 0. The predicted molar refractivity (Wildman–Crippen MR) is 106 cm³/mol. The fraction of sp³-hybridized carbons (Fsp3) is 0.650. The van der Waals surface area contributed by atoms with E-state index in [4.69, 9.17) is 14.2 Å². The molecule has 0 aromatic heterocycles. The molecule has 0 radical (unpaired) electrons. The highest BCUT2D eigenvalue weighted by atomic mass is 32.2. The third kappa shape index (κ3) is 4.95. The highest BCUT2D eigenvalue weighted by Crippen LogP contribution is 2.34. The molecule has 3 aliphatic heterocycles. The second-order valence-corrected chi connectivity index (χ2v) is 10.1. The summed E-state index contributed by atoms with van der Waals surface area (Å²) in [5.41, 5.74) is 0. The molecule has 1 atom stereocenters. The van der Waals surface area contributed by atoms with E-state index < -0.39 is 9.84 Å². The lowest BCUT2D eigenvalue weighted by Crippen LogP contribution is -2.44. The zero-order valence-corrected chi connectivity index (χ0v) is 17.5. The number of amides is 1. The molecule has 0 spiro atoms. The number of benzene rings is 1. The summed E-state index contributed by atoms with van der Waals surface area (Å²) in [6, 6.07) is 4.75. The zero-order chi connectivity index (χ0) is 20.4. The minimum atomic E-state index is -3.28. The molecule has 160 valence electrons. The molecule has 1 amide bonds. The van der Waals surface area contributed by atoms with Gasteiger partial charge in [0, 0.05) is 25.4 Å². The van der Waals surface area contributed by atoms with Gasteiger partial charge < -0.3 is 19.1 Å². The Bertz CT molecular complexity index is 851. The zero-order valence-electron chi connectivity index (χ0n) is 16.7. The van der Waals surface area contributed by atoms with Gasteiger partial charge in [0.2, 0.25) is 0 Å². The van der Waals surface area contributed by atoms with Gasteiger partial charge in [-0.05, 0) is 50.4 Å². The summed E-state index contributed by atoms with van der Waals surface area (Å²) in [7, 11) is -3.28. The molecular formula is C20H28N2O6S. The van der Waals surface area contributed by atoms with Crippen LogP contribution in [-0.4, -0.2) is 82.6 Å². The Balaban J connectivity index is 1.24. The molecule has 1 aromatic carbocycles. The first kappa shape index (κ1) is 20.3. The number of fused-ring (bicyclic) bond motifs is 1. The molecule has 0 bridgehead atoms. The predicted octanol–water partition coefficient (Wildman–Crippen LogP) is 1.78. The second kappa shape index (κ2) is 8.39. The van der Waals surface area contributed by atoms with Crippen molar-refractivity contribution in [2.75, 3.05) is 52.2 Å². The second-order valence-electron chi connectivity index (χ2n) is 8.07. The Hall–Kier alpha value is -2.00. The third-order valence-corrected chi connectivity index (χ3v) is 6.99. The van der Waals surface area contributed by atoms with E-state index >= 15 is 0 Å². The van der Waals surface area contributed by atoms with Crippen molar-refractivity contribution in [3.8, 4) is 11.5 Å². The van der Waals surface area contributed by atoms with Crippen LogP contribution in [0.25, 0.3) is 0 Å². The van der Waals surface area contributed by atoms with Gasteiger partial charge in [-0.3, -0.25) is 4.90 Å². The van der Waals surface area contributed by atoms with E-state index in [2.05, 4.69) is 4.90 Å². The molecular weight excluding hydrogens is 396 g/mol. The van der Waals surface area contributed by atoms with Crippen LogP contribution >= 0.6 is 0 Å². The topological polar surface area (TPSA) is 85.4 Å². The lowest BCUT2D eigenvalue weighted by atomic mass is 9.93. The van der Waals surface area contributed by atoms with E-state index in [-0.39, 0.29) is 17.1 Å². The third-order valence-electron chi connectivity index (χ3n) is 5.88. The number of carbonyl (C=O) groups excluding carboxylic acids is 1. The van der Waals surface area contributed by atoms with Crippen molar-refractivity contribution in [1.29, 1.82) is 0 Å². The molecule has 0 unspecified atom stereocenters. The van der Waals surface area contributed by atoms with Gasteiger partial charge in [-0.1, -0.05) is 0 Å². The minimum Gasteiger partial charge on any atom is -0.486 e. The van der Waals surface area contributed by atoms with Crippen LogP contribution in [-0.2, 0) is 14.6 Å². The molecule has 4 rings (SSSR count). The van der Waals surface area contributed by atoms with Gasteiger partial charge in [0.1, 0.15) is 19.3 Å². The molecule has 3 aliphatic rings. The number of sulfone groups is 1. The van der Waals surface area contributed by atoms with Crippen molar-refractivity contribution >= 4 is 15.9 Å². The first-order chi connectivity index (χ1) is 13.9. The Kier molecular flexibility index (Phi) is 5.87. The van der Waals surface area contributed by atoms with Crippen LogP contribution in [0.2, 0.25) is 0 Å². The normalized spacial score (nSPS) is 23.3. The largest absolute Gasteiger partial charge is 0.486 e. The number of piperidine rings is 1. The number of likely N-dealkylation sites (tertiary alicyclic amines) is 1. The Morgan fingerprint density at radius 2 is 1.90 bits per heavy atom. The van der Waals surface area contributed by atoms with Crippen molar-refractivity contribution in [3.05, 3.63) is 18.2 Å². The van der Waals surface area contributed by atoms with E-state index in [9.17, 15) is 13.2 Å². The molecule has 29 heavy (non-hydrogen) atoms. The Morgan fingerprint density at radius 3 is 2.59 bits per heavy atom. The van der Waals surface area contributed by atoms with Crippen LogP contribution in [0, 0.1) is 5.92 Å². The number of ether oxygens (including phenoxy) is 3. The average Bonchev–Trinajstić information content (AvgIpc) is 3.11. The average molecular weight is 425 g/mol. The van der Waals surface area contributed by atoms with Crippen molar-refractivity contribution in [1.82, 2.24) is 9.80 Å². The molecule has 0 saturated carbocycles. The maximum absolute atomic E-state index is 11.8. The fourth-order valence-corrected chi connectivity index (χ4v) is 4.77. The minimum absolute atomic E-state index is 0.117. The van der Waals surface area contributed by atoms with Crippen molar-refractivity contribution in [2.24, 2.45) is 5.92 Å². The molecule has 2 saturated heterocycles. The standard InChI is InChI=1S/C20H28N2O6S/c1-29(24,25)17-2-3-18-19(12-17)28-16(14-27-18)13-21-7-4-15(5-8-21)6-9-22-10-11-26-20(22)23/h2-3,12,15-16H,4-11,13-14H2,1H3/t16-/m0/s1. The SMILES string of the molecule is CS(=O)(=O)c1ccc2c(c1)O[C@@H](CN1CCC(CCN3CCOC3=O)CC1)CO2. The maximum atomic E-state index is 11.8. The summed E-state index contributed by atoms with van der Waals surface area (Å²) in [5.74, 6) is 1.71. The van der Waals surface area contributed by atoms with E-state index in [1.165, 1.54) is 6.26 Å². The number of nitrogens with zero attached hydrogens (tertiary/aromatic N) is 2.